The van der Waals surface area contributed by atoms with Crippen LogP contribution in [0.25, 0.3) is 0 Å². The summed E-state index contributed by atoms with van der Waals surface area (Å²) in [5.41, 5.74) is 6.60. The maximum absolute atomic E-state index is 11.5. The Kier molecular flexibility index (Phi) is 4.32. The summed E-state index contributed by atoms with van der Waals surface area (Å²) >= 11 is 0. The Morgan fingerprint density at radius 1 is 1.25 bits per heavy atom. The molecule has 0 bridgehead atoms. The standard InChI is InChI=1S/C11H14N2O3/c12-9-5-3-8(4-6-9)11(16)13-7-1-2-10(14)15/h3-6H,1-2,7,12H2,(H,13,16)(H,14,15). The van der Waals surface area contributed by atoms with Gasteiger partial charge in [-0.25, -0.2) is 0 Å². The van der Waals surface area contributed by atoms with Crippen molar-refractivity contribution in [2.24, 2.45) is 0 Å². The number of nitrogen functional groups attached to an aromatic ring is 1. The number of rotatable bonds is 5. The zero-order chi connectivity index (χ0) is 12.0. The lowest BCUT2D eigenvalue weighted by atomic mass is 10.2. The zero-order valence-electron chi connectivity index (χ0n) is 8.77. The number of carbonyl (C=O) groups is 2. The molecule has 86 valence electrons. The van der Waals surface area contributed by atoms with E-state index in [0.717, 1.165) is 0 Å². The lowest BCUT2D eigenvalue weighted by Gasteiger charge is -2.04. The highest BCUT2D eigenvalue weighted by Crippen LogP contribution is 2.05. The molecule has 0 heterocycles. The molecule has 5 nitrogen and oxygen atoms in total. The lowest BCUT2D eigenvalue weighted by molar-refractivity contribution is -0.137. The number of benzene rings is 1. The van der Waals surface area contributed by atoms with Gasteiger partial charge in [-0.05, 0) is 30.7 Å². The van der Waals surface area contributed by atoms with Crippen LogP contribution >= 0.6 is 0 Å². The second kappa shape index (κ2) is 5.75. The van der Waals surface area contributed by atoms with Gasteiger partial charge in [0.15, 0.2) is 0 Å². The van der Waals surface area contributed by atoms with Gasteiger partial charge in [0.25, 0.3) is 5.91 Å². The van der Waals surface area contributed by atoms with Crippen molar-refractivity contribution in [1.82, 2.24) is 5.32 Å². The fraction of sp³-hybridized carbons (Fsp3) is 0.273. The molecule has 1 rings (SSSR count). The highest BCUT2D eigenvalue weighted by atomic mass is 16.4. The molecule has 1 amide bonds. The van der Waals surface area contributed by atoms with E-state index in [9.17, 15) is 9.59 Å². The Balaban J connectivity index is 2.35. The SMILES string of the molecule is Nc1ccc(C(=O)NCCCC(=O)O)cc1. The van der Waals surface area contributed by atoms with Crippen molar-refractivity contribution in [1.29, 1.82) is 0 Å². The number of hydrogen-bond donors (Lipinski definition) is 3. The van der Waals surface area contributed by atoms with E-state index in [1.165, 1.54) is 0 Å². The van der Waals surface area contributed by atoms with Crippen molar-refractivity contribution < 1.29 is 14.7 Å². The molecule has 0 aliphatic carbocycles. The molecule has 0 atom stereocenters. The number of amides is 1. The van der Waals surface area contributed by atoms with E-state index in [-0.39, 0.29) is 12.3 Å². The summed E-state index contributed by atoms with van der Waals surface area (Å²) < 4.78 is 0. The van der Waals surface area contributed by atoms with Gasteiger partial charge < -0.3 is 16.2 Å². The normalized spacial score (nSPS) is 9.75. The number of anilines is 1. The number of carbonyl (C=O) groups excluding carboxylic acids is 1. The average molecular weight is 222 g/mol. The Morgan fingerprint density at radius 3 is 2.44 bits per heavy atom. The number of nitrogens with two attached hydrogens (primary N) is 1. The molecule has 0 aliphatic rings. The Labute approximate surface area is 93.3 Å². The fourth-order valence-electron chi connectivity index (χ4n) is 1.18. The third-order valence-corrected chi connectivity index (χ3v) is 2.03. The molecule has 0 aromatic heterocycles. The Bertz CT molecular complexity index is 373. The number of hydrogen-bond acceptors (Lipinski definition) is 3. The second-order valence-corrected chi connectivity index (χ2v) is 3.38. The van der Waals surface area contributed by atoms with E-state index in [4.69, 9.17) is 10.8 Å². The number of carboxylic acid groups (broad SMARTS) is 1. The zero-order valence-corrected chi connectivity index (χ0v) is 8.77. The molecule has 1 aromatic carbocycles. The lowest BCUT2D eigenvalue weighted by Crippen LogP contribution is -2.24. The molecule has 0 spiro atoms. The predicted octanol–water partition coefficient (Wildman–Crippen LogP) is 0.863. The quantitative estimate of drug-likeness (QED) is 0.509. The Morgan fingerprint density at radius 2 is 1.88 bits per heavy atom. The molecule has 4 N–H and O–H groups in total. The minimum absolute atomic E-state index is 0.0576. The van der Waals surface area contributed by atoms with Crippen molar-refractivity contribution in [3.8, 4) is 0 Å². The first-order valence-electron chi connectivity index (χ1n) is 4.95. The largest absolute Gasteiger partial charge is 0.481 e. The summed E-state index contributed by atoms with van der Waals surface area (Å²) in [5.74, 6) is -1.08. The van der Waals surface area contributed by atoms with Crippen LogP contribution in [0.15, 0.2) is 24.3 Å². The molecule has 1 aromatic rings. The maximum atomic E-state index is 11.5. The monoisotopic (exact) mass is 222 g/mol. The van der Waals surface area contributed by atoms with Crippen molar-refractivity contribution in [2.45, 2.75) is 12.8 Å². The van der Waals surface area contributed by atoms with Gasteiger partial charge in [0.2, 0.25) is 0 Å². The highest BCUT2D eigenvalue weighted by molar-refractivity contribution is 5.94. The van der Waals surface area contributed by atoms with E-state index in [2.05, 4.69) is 5.32 Å². The van der Waals surface area contributed by atoms with Crippen LogP contribution in [0.3, 0.4) is 0 Å². The van der Waals surface area contributed by atoms with Crippen LogP contribution in [-0.2, 0) is 4.79 Å². The molecule has 0 saturated carbocycles. The number of carboxylic acids is 1. The van der Waals surface area contributed by atoms with E-state index in [1.54, 1.807) is 24.3 Å². The van der Waals surface area contributed by atoms with Crippen LogP contribution in [0.1, 0.15) is 23.2 Å². The summed E-state index contributed by atoms with van der Waals surface area (Å²) in [5, 5.41) is 11.0. The van der Waals surface area contributed by atoms with Gasteiger partial charge in [-0.15, -0.1) is 0 Å². The van der Waals surface area contributed by atoms with Crippen LogP contribution in [0.4, 0.5) is 5.69 Å². The van der Waals surface area contributed by atoms with Crippen LogP contribution < -0.4 is 11.1 Å². The van der Waals surface area contributed by atoms with E-state index >= 15 is 0 Å². The first-order valence-corrected chi connectivity index (χ1v) is 4.95. The summed E-state index contributed by atoms with van der Waals surface area (Å²) in [7, 11) is 0. The molecule has 0 fully saturated rings. The molecule has 0 radical (unpaired) electrons. The molecule has 16 heavy (non-hydrogen) atoms. The van der Waals surface area contributed by atoms with Gasteiger partial charge in [0.1, 0.15) is 0 Å². The summed E-state index contributed by atoms with van der Waals surface area (Å²) in [6, 6.07) is 6.54. The van der Waals surface area contributed by atoms with Crippen molar-refractivity contribution >= 4 is 17.6 Å². The first kappa shape index (κ1) is 12.0. The topological polar surface area (TPSA) is 92.4 Å². The van der Waals surface area contributed by atoms with Gasteiger partial charge >= 0.3 is 5.97 Å². The first-order chi connectivity index (χ1) is 7.59. The molecular formula is C11H14N2O3. The van der Waals surface area contributed by atoms with Crippen LogP contribution in [0.2, 0.25) is 0 Å². The molecule has 0 aliphatic heterocycles. The van der Waals surface area contributed by atoms with Crippen LogP contribution in [0, 0.1) is 0 Å². The third-order valence-electron chi connectivity index (χ3n) is 2.03. The van der Waals surface area contributed by atoms with Crippen molar-refractivity contribution in [2.75, 3.05) is 12.3 Å². The van der Waals surface area contributed by atoms with Gasteiger partial charge in [-0.1, -0.05) is 0 Å². The van der Waals surface area contributed by atoms with Crippen molar-refractivity contribution in [3.63, 3.8) is 0 Å². The summed E-state index contributed by atoms with van der Waals surface area (Å²) in [4.78, 5) is 21.7. The molecule has 0 saturated heterocycles. The second-order valence-electron chi connectivity index (χ2n) is 3.38. The maximum Gasteiger partial charge on any atom is 0.303 e. The molecule has 0 unspecified atom stereocenters. The van der Waals surface area contributed by atoms with Gasteiger partial charge in [0, 0.05) is 24.2 Å². The third kappa shape index (κ3) is 4.00. The average Bonchev–Trinajstić information content (AvgIpc) is 2.25. The minimum atomic E-state index is -0.860. The van der Waals surface area contributed by atoms with Crippen LogP contribution in [0.5, 0.6) is 0 Å². The Hall–Kier alpha value is -2.04. The van der Waals surface area contributed by atoms with Gasteiger partial charge in [0.05, 0.1) is 0 Å². The van der Waals surface area contributed by atoms with E-state index in [0.29, 0.717) is 24.2 Å². The number of nitrogens with one attached hydrogen (secondary N) is 1. The van der Waals surface area contributed by atoms with E-state index in [1.807, 2.05) is 0 Å². The number of aliphatic carboxylic acids is 1. The molecule has 5 heteroatoms. The molecular weight excluding hydrogens is 208 g/mol. The van der Waals surface area contributed by atoms with Crippen molar-refractivity contribution in [3.05, 3.63) is 29.8 Å². The summed E-state index contributed by atoms with van der Waals surface area (Å²) in [6.07, 6.45) is 0.484. The highest BCUT2D eigenvalue weighted by Gasteiger charge is 2.04. The predicted molar refractivity (Wildman–Crippen MR) is 60.1 cm³/mol. The smallest absolute Gasteiger partial charge is 0.303 e. The van der Waals surface area contributed by atoms with Gasteiger partial charge in [-0.3, -0.25) is 9.59 Å². The minimum Gasteiger partial charge on any atom is -0.481 e. The fourth-order valence-corrected chi connectivity index (χ4v) is 1.18. The van der Waals surface area contributed by atoms with Gasteiger partial charge in [-0.2, -0.15) is 0 Å². The summed E-state index contributed by atoms with van der Waals surface area (Å²) in [6.45, 7) is 0.357. The van der Waals surface area contributed by atoms with Crippen LogP contribution in [-0.4, -0.2) is 23.5 Å². The van der Waals surface area contributed by atoms with E-state index < -0.39 is 5.97 Å².